The third-order valence-corrected chi connectivity index (χ3v) is 10.2. The summed E-state index contributed by atoms with van der Waals surface area (Å²) in [5.41, 5.74) is 0. The fourth-order valence-corrected chi connectivity index (χ4v) is 8.65. The van der Waals surface area contributed by atoms with Gasteiger partial charge in [-0.25, -0.2) is 0 Å². The predicted octanol–water partition coefficient (Wildman–Crippen LogP) is 2.48. The van der Waals surface area contributed by atoms with E-state index in [2.05, 4.69) is 12.1 Å². The molecule has 3 heteroatoms. The molecule has 0 heterocycles. The Morgan fingerprint density at radius 1 is 0.476 bits per heavy atom. The van der Waals surface area contributed by atoms with Crippen LogP contribution in [0.5, 0.6) is 0 Å². The zero-order valence-corrected chi connectivity index (χ0v) is 13.8. The molecule has 0 saturated carbocycles. The fourth-order valence-electron chi connectivity index (χ4n) is 2.20. The van der Waals surface area contributed by atoms with Crippen molar-refractivity contribution in [1.29, 1.82) is 0 Å². The Hall–Kier alpha value is -1.66. The maximum absolute atomic E-state index is 13.2. The standard InChI is InChI=1S/2C6H4F.C6H5.Sb/c2*7-6-4-2-1-3-5-6;1-2-4-6-5-3-1;/h2*2-5H;1-5H;. The van der Waals surface area contributed by atoms with Crippen molar-refractivity contribution in [2.45, 2.75) is 0 Å². The van der Waals surface area contributed by atoms with Crippen molar-refractivity contribution in [2.75, 3.05) is 0 Å². The molecule has 0 nitrogen and oxygen atoms in total. The average Bonchev–Trinajstić information content (AvgIpc) is 2.52. The Labute approximate surface area is 130 Å². The summed E-state index contributed by atoms with van der Waals surface area (Å²) in [7, 11) is 0. The van der Waals surface area contributed by atoms with E-state index < -0.39 is 20.2 Å². The second kappa shape index (κ2) is 6.40. The van der Waals surface area contributed by atoms with E-state index in [1.54, 1.807) is 0 Å². The van der Waals surface area contributed by atoms with E-state index in [9.17, 15) is 8.78 Å². The van der Waals surface area contributed by atoms with E-state index in [1.807, 2.05) is 42.5 Å². The molecule has 0 aromatic heterocycles. The van der Waals surface area contributed by atoms with Crippen LogP contribution in [0.4, 0.5) is 8.78 Å². The maximum atomic E-state index is 13.2. The van der Waals surface area contributed by atoms with Crippen LogP contribution < -0.4 is 10.5 Å². The van der Waals surface area contributed by atoms with Crippen LogP contribution in [0.1, 0.15) is 0 Å². The van der Waals surface area contributed by atoms with Crippen molar-refractivity contribution in [1.82, 2.24) is 0 Å². The molecule has 0 amide bonds. The Morgan fingerprint density at radius 3 is 1.29 bits per heavy atom. The topological polar surface area (TPSA) is 0 Å². The van der Waals surface area contributed by atoms with E-state index >= 15 is 0 Å². The Balaban J connectivity index is 2.11. The summed E-state index contributed by atoms with van der Waals surface area (Å²) in [4.78, 5) is 0. The van der Waals surface area contributed by atoms with Crippen molar-refractivity contribution in [2.24, 2.45) is 0 Å². The molecule has 0 saturated heterocycles. The van der Waals surface area contributed by atoms with Gasteiger partial charge in [-0.05, 0) is 0 Å². The number of halogens is 2. The van der Waals surface area contributed by atoms with Crippen LogP contribution in [0.15, 0.2) is 78.9 Å². The van der Waals surface area contributed by atoms with Crippen molar-refractivity contribution < 1.29 is 8.78 Å². The summed E-state index contributed by atoms with van der Waals surface area (Å²) in [6.07, 6.45) is 0. The molecule has 0 fully saturated rings. The van der Waals surface area contributed by atoms with E-state index in [0.717, 1.165) is 7.02 Å². The van der Waals surface area contributed by atoms with Crippen LogP contribution in [0.25, 0.3) is 0 Å². The monoisotopic (exact) mass is 388 g/mol. The second-order valence-corrected chi connectivity index (χ2v) is 11.0. The zero-order chi connectivity index (χ0) is 14.7. The van der Waals surface area contributed by atoms with E-state index in [0.29, 0.717) is 0 Å². The van der Waals surface area contributed by atoms with Gasteiger partial charge in [-0.3, -0.25) is 0 Å². The molecule has 21 heavy (non-hydrogen) atoms. The average molecular weight is 389 g/mol. The first-order chi connectivity index (χ1) is 10.2. The van der Waals surface area contributed by atoms with Crippen molar-refractivity contribution >= 4 is 30.7 Å². The Bertz CT molecular complexity index is 661. The summed E-state index contributed by atoms with van der Waals surface area (Å²) < 4.78 is 30.0. The molecular weight excluding hydrogens is 376 g/mol. The van der Waals surface area contributed by atoms with Crippen LogP contribution in [-0.4, -0.2) is 20.2 Å². The number of hydrogen-bond acceptors (Lipinski definition) is 0. The first-order valence-electron chi connectivity index (χ1n) is 6.60. The number of rotatable bonds is 3. The van der Waals surface area contributed by atoms with Gasteiger partial charge in [-0.15, -0.1) is 0 Å². The predicted molar refractivity (Wildman–Crippen MR) is 83.9 cm³/mol. The molecule has 3 aromatic rings. The number of hydrogen-bond donors (Lipinski definition) is 0. The SMILES string of the molecule is Fc1cc[c]([Sb]([c]2ccccc2)[c]2ccc(F)cc2)cc1. The van der Waals surface area contributed by atoms with Crippen molar-refractivity contribution in [3.8, 4) is 0 Å². The third-order valence-electron chi connectivity index (χ3n) is 3.18. The molecule has 0 spiro atoms. The van der Waals surface area contributed by atoms with E-state index in [-0.39, 0.29) is 11.6 Å². The summed E-state index contributed by atoms with van der Waals surface area (Å²) in [5, 5.41) is 0. The molecule has 0 aliphatic rings. The van der Waals surface area contributed by atoms with Crippen LogP contribution in [0.2, 0.25) is 0 Å². The minimum absolute atomic E-state index is 0.230. The van der Waals surface area contributed by atoms with E-state index in [4.69, 9.17) is 0 Å². The van der Waals surface area contributed by atoms with Gasteiger partial charge in [0.1, 0.15) is 0 Å². The zero-order valence-electron chi connectivity index (χ0n) is 11.2. The fraction of sp³-hybridized carbons (Fsp3) is 0. The summed E-state index contributed by atoms with van der Waals surface area (Å²) in [5.74, 6) is -0.460. The minimum atomic E-state index is -2.21. The van der Waals surface area contributed by atoms with Gasteiger partial charge < -0.3 is 0 Å². The number of benzene rings is 3. The molecule has 0 unspecified atom stereocenters. The van der Waals surface area contributed by atoms with Gasteiger partial charge >= 0.3 is 130 Å². The molecule has 0 aliphatic carbocycles. The van der Waals surface area contributed by atoms with Gasteiger partial charge in [-0.1, -0.05) is 0 Å². The van der Waals surface area contributed by atoms with E-state index in [1.165, 1.54) is 27.8 Å². The van der Waals surface area contributed by atoms with Crippen LogP contribution >= 0.6 is 0 Å². The third kappa shape index (κ3) is 3.33. The molecule has 0 aliphatic heterocycles. The van der Waals surface area contributed by atoms with Gasteiger partial charge in [0.15, 0.2) is 0 Å². The molecule has 3 rings (SSSR count). The Kier molecular flexibility index (Phi) is 4.36. The van der Waals surface area contributed by atoms with Crippen LogP contribution in [-0.2, 0) is 0 Å². The molecule has 0 N–H and O–H groups in total. The van der Waals surface area contributed by atoms with Crippen LogP contribution in [0, 0.1) is 11.6 Å². The van der Waals surface area contributed by atoms with Gasteiger partial charge in [0, 0.05) is 0 Å². The Morgan fingerprint density at radius 2 is 0.857 bits per heavy atom. The van der Waals surface area contributed by atoms with Crippen molar-refractivity contribution in [3.63, 3.8) is 0 Å². The summed E-state index contributed by atoms with van der Waals surface area (Å²) >= 11 is -2.21. The molecule has 104 valence electrons. The van der Waals surface area contributed by atoms with Gasteiger partial charge in [0.2, 0.25) is 0 Å². The van der Waals surface area contributed by atoms with Gasteiger partial charge in [0.25, 0.3) is 0 Å². The molecule has 0 atom stereocenters. The molecular formula is C18H13F2Sb. The first kappa shape index (κ1) is 14.3. The quantitative estimate of drug-likeness (QED) is 0.605. The van der Waals surface area contributed by atoms with Crippen LogP contribution in [0.3, 0.4) is 0 Å². The van der Waals surface area contributed by atoms with Gasteiger partial charge in [-0.2, -0.15) is 0 Å². The molecule has 3 aromatic carbocycles. The normalized spacial score (nSPS) is 10.8. The summed E-state index contributed by atoms with van der Waals surface area (Å²) in [6, 6.07) is 23.6. The molecule has 0 radical (unpaired) electrons. The second-order valence-electron chi connectivity index (χ2n) is 4.62. The molecule has 0 bridgehead atoms. The first-order valence-corrected chi connectivity index (χ1v) is 10.4. The summed E-state index contributed by atoms with van der Waals surface area (Å²) in [6.45, 7) is 0. The van der Waals surface area contributed by atoms with Crippen molar-refractivity contribution in [3.05, 3.63) is 90.5 Å². The van der Waals surface area contributed by atoms with Gasteiger partial charge in [0.05, 0.1) is 0 Å².